The van der Waals surface area contributed by atoms with Gasteiger partial charge in [-0.1, -0.05) is 0 Å². The summed E-state index contributed by atoms with van der Waals surface area (Å²) in [6.07, 6.45) is -4.35. The lowest BCUT2D eigenvalue weighted by atomic mass is 10.2. The molecule has 1 amide bonds. The molecule has 0 saturated heterocycles. The Morgan fingerprint density at radius 1 is 1.42 bits per heavy atom. The molecule has 1 N–H and O–H groups in total. The number of hydrogen-bond donors (Lipinski definition) is 1. The second-order valence-corrected chi connectivity index (χ2v) is 4.54. The van der Waals surface area contributed by atoms with Crippen molar-refractivity contribution in [3.63, 3.8) is 0 Å². The Bertz CT molecular complexity index is 449. The molecule has 0 atom stereocenters. The lowest BCUT2D eigenvalue weighted by Crippen LogP contribution is -2.15. The van der Waals surface area contributed by atoms with Crippen molar-refractivity contribution in [1.29, 1.82) is 0 Å². The molecule has 0 aliphatic carbocycles. The van der Waals surface area contributed by atoms with Crippen LogP contribution in [0, 0.1) is 0 Å². The largest absolute Gasteiger partial charge is 0.416 e. The first-order valence-corrected chi connectivity index (χ1v) is 6.38. The summed E-state index contributed by atoms with van der Waals surface area (Å²) in [5.74, 6) is -0.395. The number of rotatable bonds is 5. The van der Waals surface area contributed by atoms with Gasteiger partial charge in [0.25, 0.3) is 0 Å². The van der Waals surface area contributed by atoms with Crippen LogP contribution in [0.15, 0.2) is 22.7 Å². The molecule has 0 fully saturated rings. The number of benzene rings is 1. The molecule has 1 aromatic carbocycles. The van der Waals surface area contributed by atoms with E-state index in [-0.39, 0.29) is 18.7 Å². The molecule has 0 spiro atoms. The zero-order valence-corrected chi connectivity index (χ0v) is 11.8. The summed E-state index contributed by atoms with van der Waals surface area (Å²) in [6, 6.07) is 3.09. The third-order valence-corrected chi connectivity index (χ3v) is 2.94. The summed E-state index contributed by atoms with van der Waals surface area (Å²) in [7, 11) is 0. The number of nitrogens with one attached hydrogen (secondary N) is 1. The Labute approximate surface area is 117 Å². The van der Waals surface area contributed by atoms with Gasteiger partial charge in [-0.3, -0.25) is 4.79 Å². The zero-order chi connectivity index (χ0) is 14.5. The van der Waals surface area contributed by atoms with Gasteiger partial charge in [0.15, 0.2) is 0 Å². The summed E-state index contributed by atoms with van der Waals surface area (Å²) >= 11 is 3.09. The van der Waals surface area contributed by atoms with E-state index in [1.165, 1.54) is 6.07 Å². The van der Waals surface area contributed by atoms with Gasteiger partial charge in [0, 0.05) is 11.1 Å². The summed E-state index contributed by atoms with van der Waals surface area (Å²) in [4.78, 5) is 11.5. The third-order valence-electron chi connectivity index (χ3n) is 2.25. The first-order valence-electron chi connectivity index (χ1n) is 5.59. The predicted molar refractivity (Wildman–Crippen MR) is 68.9 cm³/mol. The summed E-state index contributed by atoms with van der Waals surface area (Å²) < 4.78 is 43.0. The van der Waals surface area contributed by atoms with Gasteiger partial charge in [-0.25, -0.2) is 0 Å². The lowest BCUT2D eigenvalue weighted by Gasteiger charge is -2.11. The average molecular weight is 340 g/mol. The van der Waals surface area contributed by atoms with Crippen LogP contribution in [0.4, 0.5) is 18.9 Å². The molecule has 19 heavy (non-hydrogen) atoms. The lowest BCUT2D eigenvalue weighted by molar-refractivity contribution is -0.137. The van der Waals surface area contributed by atoms with E-state index < -0.39 is 17.6 Å². The fourth-order valence-corrected chi connectivity index (χ4v) is 1.67. The van der Waals surface area contributed by atoms with Gasteiger partial charge in [0.2, 0.25) is 5.91 Å². The maximum absolute atomic E-state index is 12.5. The molecule has 7 heteroatoms. The van der Waals surface area contributed by atoms with E-state index in [0.29, 0.717) is 11.1 Å². The topological polar surface area (TPSA) is 38.3 Å². The second kappa shape index (κ2) is 6.91. The highest BCUT2D eigenvalue weighted by Crippen LogP contribution is 2.33. The highest BCUT2D eigenvalue weighted by Gasteiger charge is 2.31. The fourth-order valence-electron chi connectivity index (χ4n) is 1.32. The van der Waals surface area contributed by atoms with Crippen molar-refractivity contribution in [2.24, 2.45) is 0 Å². The smallest absolute Gasteiger partial charge is 0.381 e. The molecule has 0 unspecified atom stereocenters. The third kappa shape index (κ3) is 5.20. The minimum Gasteiger partial charge on any atom is -0.381 e. The number of anilines is 1. The van der Waals surface area contributed by atoms with Gasteiger partial charge in [-0.2, -0.15) is 13.2 Å². The average Bonchev–Trinajstić information content (AvgIpc) is 2.31. The van der Waals surface area contributed by atoms with Crippen molar-refractivity contribution in [2.45, 2.75) is 19.5 Å². The molecule has 0 aliphatic rings. The van der Waals surface area contributed by atoms with E-state index in [4.69, 9.17) is 4.74 Å². The van der Waals surface area contributed by atoms with Crippen LogP contribution < -0.4 is 5.32 Å². The summed E-state index contributed by atoms with van der Waals surface area (Å²) in [5.41, 5.74) is -0.716. The Kier molecular flexibility index (Phi) is 5.81. The van der Waals surface area contributed by atoms with Crippen molar-refractivity contribution in [2.75, 3.05) is 18.5 Å². The summed E-state index contributed by atoms with van der Waals surface area (Å²) in [5, 5.41) is 2.42. The van der Waals surface area contributed by atoms with Crippen molar-refractivity contribution in [3.05, 3.63) is 28.2 Å². The van der Waals surface area contributed by atoms with Crippen LogP contribution in [0.25, 0.3) is 0 Å². The van der Waals surface area contributed by atoms with E-state index in [1.807, 2.05) is 0 Å². The molecule has 1 rings (SSSR count). The van der Waals surface area contributed by atoms with Crippen LogP contribution in [-0.2, 0) is 15.7 Å². The van der Waals surface area contributed by atoms with Crippen LogP contribution in [0.5, 0.6) is 0 Å². The molecule has 0 bridgehead atoms. The minimum absolute atomic E-state index is 0.0938. The second-order valence-electron chi connectivity index (χ2n) is 3.69. The number of hydrogen-bond acceptors (Lipinski definition) is 2. The van der Waals surface area contributed by atoms with Gasteiger partial charge >= 0.3 is 6.18 Å². The van der Waals surface area contributed by atoms with E-state index in [2.05, 4.69) is 21.2 Å². The number of amides is 1. The monoisotopic (exact) mass is 339 g/mol. The first-order chi connectivity index (χ1) is 8.84. The normalized spacial score (nSPS) is 11.4. The maximum Gasteiger partial charge on any atom is 0.416 e. The number of alkyl halides is 3. The molecule has 0 aliphatic heterocycles. The predicted octanol–water partition coefficient (Wildman–Crippen LogP) is 3.83. The van der Waals surface area contributed by atoms with Gasteiger partial charge < -0.3 is 10.1 Å². The van der Waals surface area contributed by atoms with Crippen LogP contribution >= 0.6 is 15.9 Å². The summed E-state index contributed by atoms with van der Waals surface area (Å²) in [6.45, 7) is 2.51. The van der Waals surface area contributed by atoms with Crippen LogP contribution in [0.1, 0.15) is 18.9 Å². The Balaban J connectivity index is 2.74. The molecule has 0 heterocycles. The highest BCUT2D eigenvalue weighted by atomic mass is 79.9. The Morgan fingerprint density at radius 2 is 2.11 bits per heavy atom. The standard InChI is InChI=1S/C12H13BrF3NO2/c1-2-19-6-5-11(18)17-10-7-8(12(14,15)16)3-4-9(10)13/h3-4,7H,2,5-6H2,1H3,(H,17,18). The Hall–Kier alpha value is -1.08. The molecule has 1 aromatic rings. The van der Waals surface area contributed by atoms with E-state index >= 15 is 0 Å². The van der Waals surface area contributed by atoms with Gasteiger partial charge in [-0.05, 0) is 41.1 Å². The zero-order valence-electron chi connectivity index (χ0n) is 10.2. The SMILES string of the molecule is CCOCCC(=O)Nc1cc(C(F)(F)F)ccc1Br. The Morgan fingerprint density at radius 3 is 2.68 bits per heavy atom. The quantitative estimate of drug-likeness (QED) is 0.828. The van der Waals surface area contributed by atoms with Gasteiger partial charge in [-0.15, -0.1) is 0 Å². The minimum atomic E-state index is -4.44. The number of carbonyl (C=O) groups excluding carboxylic acids is 1. The maximum atomic E-state index is 12.5. The van der Waals surface area contributed by atoms with E-state index in [9.17, 15) is 18.0 Å². The molecule has 0 saturated carbocycles. The molecular formula is C12H13BrF3NO2. The number of carbonyl (C=O) groups is 1. The molecule has 106 valence electrons. The van der Waals surface area contributed by atoms with Crippen molar-refractivity contribution < 1.29 is 22.7 Å². The van der Waals surface area contributed by atoms with Crippen molar-refractivity contribution in [3.8, 4) is 0 Å². The van der Waals surface area contributed by atoms with E-state index in [0.717, 1.165) is 12.1 Å². The molecule has 0 radical (unpaired) electrons. The molecular weight excluding hydrogens is 327 g/mol. The van der Waals surface area contributed by atoms with E-state index in [1.54, 1.807) is 6.92 Å². The molecule has 0 aromatic heterocycles. The molecule has 3 nitrogen and oxygen atoms in total. The van der Waals surface area contributed by atoms with Crippen LogP contribution in [-0.4, -0.2) is 19.1 Å². The van der Waals surface area contributed by atoms with Gasteiger partial charge in [0.1, 0.15) is 0 Å². The highest BCUT2D eigenvalue weighted by molar-refractivity contribution is 9.10. The number of halogens is 4. The van der Waals surface area contributed by atoms with Crippen LogP contribution in [0.3, 0.4) is 0 Å². The van der Waals surface area contributed by atoms with Crippen molar-refractivity contribution in [1.82, 2.24) is 0 Å². The van der Waals surface area contributed by atoms with Gasteiger partial charge in [0.05, 0.1) is 24.3 Å². The van der Waals surface area contributed by atoms with Crippen molar-refractivity contribution >= 4 is 27.5 Å². The number of ether oxygens (including phenoxy) is 1. The fraction of sp³-hybridized carbons (Fsp3) is 0.417. The van der Waals surface area contributed by atoms with Crippen LogP contribution in [0.2, 0.25) is 0 Å². The first kappa shape index (κ1) is 16.0.